The largest absolute Gasteiger partial charge is 0.397 e. The minimum Gasteiger partial charge on any atom is -0.397 e. The van der Waals surface area contributed by atoms with Gasteiger partial charge in [0.15, 0.2) is 0 Å². The summed E-state index contributed by atoms with van der Waals surface area (Å²) >= 11 is 1.15. The van der Waals surface area contributed by atoms with E-state index in [1.807, 2.05) is 0 Å². The highest BCUT2D eigenvalue weighted by Crippen LogP contribution is 2.38. The molecular weight excluding hydrogens is 290 g/mol. The molecule has 6 N–H and O–H groups in total. The molecule has 0 atom stereocenters. The quantitative estimate of drug-likeness (QED) is 0.710. The Morgan fingerprint density at radius 1 is 1.14 bits per heavy atom. The van der Waals surface area contributed by atoms with Gasteiger partial charge in [-0.05, 0) is 13.0 Å². The fraction of sp³-hybridized carbons (Fsp3) is 0.538. The normalized spacial score (nSPS) is 16.1. The summed E-state index contributed by atoms with van der Waals surface area (Å²) in [6.07, 6.45) is 1.12. The van der Waals surface area contributed by atoms with Crippen LogP contribution in [-0.2, 0) is 0 Å². The van der Waals surface area contributed by atoms with E-state index in [1.165, 1.54) is 0 Å². The minimum atomic E-state index is -0.629. The lowest BCUT2D eigenvalue weighted by Gasteiger charge is -2.35. The number of nitrogen functional groups attached to an aromatic ring is 1. The number of hydrogen-bond acceptors (Lipinski definition) is 6. The second-order valence-corrected chi connectivity index (χ2v) is 6.08. The summed E-state index contributed by atoms with van der Waals surface area (Å²) in [5.74, 6) is -1.25. The Labute approximate surface area is 127 Å². The van der Waals surface area contributed by atoms with Gasteiger partial charge < -0.3 is 22.1 Å². The topological polar surface area (TPSA) is 119 Å². The number of piperazine rings is 1. The third kappa shape index (κ3) is 3.11. The second kappa shape index (κ2) is 6.31. The van der Waals surface area contributed by atoms with Gasteiger partial charge >= 0.3 is 0 Å². The lowest BCUT2D eigenvalue weighted by atomic mass is 10.2. The first-order valence-electron chi connectivity index (χ1n) is 6.94. The highest BCUT2D eigenvalue weighted by Gasteiger charge is 2.28. The molecule has 1 fully saturated rings. The van der Waals surface area contributed by atoms with Crippen molar-refractivity contribution in [3.63, 3.8) is 0 Å². The van der Waals surface area contributed by atoms with Crippen molar-refractivity contribution in [3.05, 3.63) is 10.4 Å². The van der Waals surface area contributed by atoms with Crippen molar-refractivity contribution in [3.8, 4) is 0 Å². The van der Waals surface area contributed by atoms with E-state index in [-0.39, 0.29) is 16.1 Å². The molecule has 1 aromatic rings. The Morgan fingerprint density at radius 3 is 2.24 bits per heavy atom. The van der Waals surface area contributed by atoms with Crippen LogP contribution in [0.25, 0.3) is 0 Å². The van der Waals surface area contributed by atoms with E-state index in [9.17, 15) is 9.59 Å². The molecule has 116 valence electrons. The molecule has 0 aliphatic carbocycles. The maximum Gasteiger partial charge on any atom is 0.260 e. The highest BCUT2D eigenvalue weighted by atomic mass is 32.1. The molecule has 0 saturated carbocycles. The van der Waals surface area contributed by atoms with Crippen LogP contribution in [0.3, 0.4) is 0 Å². The fourth-order valence-corrected chi connectivity index (χ4v) is 3.70. The molecule has 21 heavy (non-hydrogen) atoms. The molecule has 2 heterocycles. The number of thiophene rings is 1. The van der Waals surface area contributed by atoms with Gasteiger partial charge in [0.05, 0.1) is 11.3 Å². The molecule has 1 saturated heterocycles. The van der Waals surface area contributed by atoms with E-state index < -0.39 is 11.8 Å². The highest BCUT2D eigenvalue weighted by molar-refractivity contribution is 7.19. The Hall–Kier alpha value is -1.80. The van der Waals surface area contributed by atoms with E-state index in [0.29, 0.717) is 5.00 Å². The van der Waals surface area contributed by atoms with Crippen LogP contribution in [0.2, 0.25) is 0 Å². The maximum absolute atomic E-state index is 11.6. The number of rotatable bonds is 5. The predicted octanol–water partition coefficient (Wildman–Crippen LogP) is 0.0601. The third-order valence-corrected chi connectivity index (χ3v) is 4.88. The van der Waals surface area contributed by atoms with Gasteiger partial charge in [-0.3, -0.25) is 14.5 Å². The molecule has 1 aliphatic heterocycles. The zero-order chi connectivity index (χ0) is 15.6. The van der Waals surface area contributed by atoms with E-state index in [1.54, 1.807) is 0 Å². The van der Waals surface area contributed by atoms with E-state index in [2.05, 4.69) is 16.7 Å². The summed E-state index contributed by atoms with van der Waals surface area (Å²) in [5, 5.41) is 0.657. The van der Waals surface area contributed by atoms with Crippen LogP contribution in [0.1, 0.15) is 33.4 Å². The van der Waals surface area contributed by atoms with Gasteiger partial charge in [0.2, 0.25) is 0 Å². The molecule has 0 bridgehead atoms. The number of primary amides is 2. The number of anilines is 2. The van der Waals surface area contributed by atoms with Crippen LogP contribution in [0.15, 0.2) is 0 Å². The zero-order valence-electron chi connectivity index (χ0n) is 12.1. The number of hydrogen-bond donors (Lipinski definition) is 3. The van der Waals surface area contributed by atoms with Gasteiger partial charge in [0, 0.05) is 26.2 Å². The van der Waals surface area contributed by atoms with E-state index >= 15 is 0 Å². The fourth-order valence-electron chi connectivity index (χ4n) is 2.57. The molecule has 1 aliphatic rings. The average molecular weight is 311 g/mol. The number of carbonyl (C=O) groups is 2. The minimum absolute atomic E-state index is 0.103. The van der Waals surface area contributed by atoms with E-state index in [4.69, 9.17) is 17.2 Å². The van der Waals surface area contributed by atoms with Crippen molar-refractivity contribution in [1.29, 1.82) is 0 Å². The number of carbonyl (C=O) groups excluding carboxylic acids is 2. The van der Waals surface area contributed by atoms with Crippen LogP contribution in [0.5, 0.6) is 0 Å². The van der Waals surface area contributed by atoms with Gasteiger partial charge in [-0.15, -0.1) is 11.3 Å². The first kappa shape index (κ1) is 15.6. The van der Waals surface area contributed by atoms with Crippen LogP contribution >= 0.6 is 11.3 Å². The smallest absolute Gasteiger partial charge is 0.260 e. The van der Waals surface area contributed by atoms with Crippen LogP contribution in [-0.4, -0.2) is 49.4 Å². The molecule has 7 nitrogen and oxygen atoms in total. The second-order valence-electron chi connectivity index (χ2n) is 5.08. The Morgan fingerprint density at radius 2 is 1.76 bits per heavy atom. The summed E-state index contributed by atoms with van der Waals surface area (Å²) in [6.45, 7) is 6.59. The van der Waals surface area contributed by atoms with Crippen molar-refractivity contribution in [2.75, 3.05) is 43.4 Å². The van der Waals surface area contributed by atoms with Crippen molar-refractivity contribution >= 4 is 33.8 Å². The van der Waals surface area contributed by atoms with Crippen LogP contribution in [0.4, 0.5) is 10.7 Å². The Bertz CT molecular complexity index is 549. The van der Waals surface area contributed by atoms with Crippen molar-refractivity contribution in [2.45, 2.75) is 13.3 Å². The number of nitrogens with two attached hydrogens (primary N) is 3. The molecule has 2 amide bonds. The summed E-state index contributed by atoms with van der Waals surface area (Å²) in [6, 6.07) is 0. The molecule has 8 heteroatoms. The predicted molar refractivity (Wildman–Crippen MR) is 84.7 cm³/mol. The van der Waals surface area contributed by atoms with Gasteiger partial charge in [0.25, 0.3) is 11.8 Å². The molecule has 0 radical (unpaired) electrons. The lowest BCUT2D eigenvalue weighted by Crippen LogP contribution is -2.46. The van der Waals surface area contributed by atoms with Crippen LogP contribution < -0.4 is 22.1 Å². The lowest BCUT2D eigenvalue weighted by molar-refractivity contribution is 0.0999. The third-order valence-electron chi connectivity index (χ3n) is 3.60. The summed E-state index contributed by atoms with van der Waals surface area (Å²) < 4.78 is 0. The number of amides is 2. The number of nitrogens with zero attached hydrogens (tertiary/aromatic N) is 2. The summed E-state index contributed by atoms with van der Waals surface area (Å²) in [4.78, 5) is 27.7. The van der Waals surface area contributed by atoms with Gasteiger partial charge in [-0.2, -0.15) is 0 Å². The van der Waals surface area contributed by atoms with Crippen LogP contribution in [0, 0.1) is 0 Å². The van der Waals surface area contributed by atoms with Crippen molar-refractivity contribution < 1.29 is 9.59 Å². The van der Waals surface area contributed by atoms with Gasteiger partial charge in [-0.1, -0.05) is 6.92 Å². The van der Waals surface area contributed by atoms with Crippen molar-refractivity contribution in [1.82, 2.24) is 4.90 Å². The molecule has 2 rings (SSSR count). The Balaban J connectivity index is 2.26. The molecule has 0 unspecified atom stereocenters. The molecular formula is C13H21N5O2S. The van der Waals surface area contributed by atoms with Gasteiger partial charge in [-0.25, -0.2) is 0 Å². The summed E-state index contributed by atoms with van der Waals surface area (Å²) in [7, 11) is 0. The monoisotopic (exact) mass is 311 g/mol. The first-order chi connectivity index (χ1) is 9.95. The Kier molecular flexibility index (Phi) is 4.69. The first-order valence-corrected chi connectivity index (χ1v) is 7.76. The van der Waals surface area contributed by atoms with Crippen molar-refractivity contribution in [2.24, 2.45) is 11.5 Å². The standard InChI is InChI=1S/C13H21N5O2S/c1-2-3-17-4-6-18(7-5-17)13-8(11(15)19)9(14)10(21-13)12(16)20/h2-7,14H2,1H3,(H2,15,19)(H2,16,20). The van der Waals surface area contributed by atoms with E-state index in [0.717, 1.165) is 50.5 Å². The molecule has 0 spiro atoms. The van der Waals surface area contributed by atoms with Gasteiger partial charge in [0.1, 0.15) is 9.88 Å². The SMILES string of the molecule is CCCN1CCN(c2sc(C(N)=O)c(N)c2C(N)=O)CC1. The summed E-state index contributed by atoms with van der Waals surface area (Å²) in [5.41, 5.74) is 16.9. The zero-order valence-corrected chi connectivity index (χ0v) is 12.9. The average Bonchev–Trinajstić information content (AvgIpc) is 2.78. The maximum atomic E-state index is 11.6. The molecule has 0 aromatic carbocycles. The molecule has 1 aromatic heterocycles.